The Bertz CT molecular complexity index is 848. The third-order valence-electron chi connectivity index (χ3n) is 4.25. The molecule has 0 saturated carbocycles. The van der Waals surface area contributed by atoms with Gasteiger partial charge in [0.2, 0.25) is 0 Å². The summed E-state index contributed by atoms with van der Waals surface area (Å²) in [6, 6.07) is 16.6. The van der Waals surface area contributed by atoms with E-state index >= 15 is 0 Å². The smallest absolute Gasteiger partial charge is 0.161 e. The molecule has 0 amide bonds. The maximum atomic E-state index is 5.67. The maximum Gasteiger partial charge on any atom is 0.161 e. The predicted molar refractivity (Wildman–Crippen MR) is 100 cm³/mol. The summed E-state index contributed by atoms with van der Waals surface area (Å²) in [6.45, 7) is 4.12. The average molecular weight is 352 g/mol. The van der Waals surface area contributed by atoms with Crippen LogP contribution in [-0.2, 0) is 6.54 Å². The summed E-state index contributed by atoms with van der Waals surface area (Å²) in [5.74, 6) is 1.66. The minimum atomic E-state index is 0.208. The summed E-state index contributed by atoms with van der Waals surface area (Å²) in [5, 5.41) is 6.74. The molecule has 25 heavy (non-hydrogen) atoms. The Labute approximate surface area is 151 Å². The molecule has 1 aliphatic heterocycles. The van der Waals surface area contributed by atoms with Crippen LogP contribution >= 0.6 is 11.3 Å². The van der Waals surface area contributed by atoms with E-state index < -0.39 is 0 Å². The van der Waals surface area contributed by atoms with Crippen molar-refractivity contribution in [2.45, 2.75) is 19.5 Å². The van der Waals surface area contributed by atoms with Gasteiger partial charge in [0.1, 0.15) is 18.2 Å². The van der Waals surface area contributed by atoms with E-state index in [9.17, 15) is 0 Å². The van der Waals surface area contributed by atoms with Crippen molar-refractivity contribution in [3.63, 3.8) is 0 Å². The monoisotopic (exact) mass is 352 g/mol. The summed E-state index contributed by atoms with van der Waals surface area (Å²) in [4.78, 5) is 4.73. The molecule has 2 aromatic carbocycles. The second kappa shape index (κ2) is 7.25. The van der Waals surface area contributed by atoms with Crippen molar-refractivity contribution in [1.82, 2.24) is 10.3 Å². The lowest BCUT2D eigenvalue weighted by Crippen LogP contribution is -2.19. The molecule has 1 unspecified atom stereocenters. The highest BCUT2D eigenvalue weighted by Crippen LogP contribution is 2.32. The summed E-state index contributed by atoms with van der Waals surface area (Å²) in [7, 11) is 0. The van der Waals surface area contributed by atoms with Crippen molar-refractivity contribution in [1.29, 1.82) is 0 Å². The normalized spacial score (nSPS) is 14.3. The summed E-state index contributed by atoms with van der Waals surface area (Å²) < 4.78 is 11.2. The Morgan fingerprint density at radius 3 is 2.72 bits per heavy atom. The van der Waals surface area contributed by atoms with Gasteiger partial charge in [-0.05, 0) is 24.6 Å². The topological polar surface area (TPSA) is 43.4 Å². The molecule has 2 heterocycles. The molecule has 0 fully saturated rings. The van der Waals surface area contributed by atoms with Gasteiger partial charge in [-0.2, -0.15) is 0 Å². The largest absolute Gasteiger partial charge is 0.486 e. The highest BCUT2D eigenvalue weighted by molar-refractivity contribution is 7.09. The number of hydrogen-bond acceptors (Lipinski definition) is 5. The highest BCUT2D eigenvalue weighted by atomic mass is 32.1. The van der Waals surface area contributed by atoms with E-state index in [4.69, 9.17) is 14.5 Å². The van der Waals surface area contributed by atoms with Crippen LogP contribution in [0.3, 0.4) is 0 Å². The van der Waals surface area contributed by atoms with Crippen molar-refractivity contribution in [2.24, 2.45) is 0 Å². The van der Waals surface area contributed by atoms with Crippen LogP contribution in [0.25, 0.3) is 11.3 Å². The lowest BCUT2D eigenvalue weighted by molar-refractivity contribution is 0.171. The fourth-order valence-electron chi connectivity index (χ4n) is 2.82. The Balaban J connectivity index is 1.40. The van der Waals surface area contributed by atoms with E-state index in [2.05, 4.69) is 41.9 Å². The van der Waals surface area contributed by atoms with Crippen molar-refractivity contribution in [2.75, 3.05) is 13.2 Å². The molecule has 0 radical (unpaired) electrons. The van der Waals surface area contributed by atoms with Crippen LogP contribution in [0.15, 0.2) is 53.9 Å². The van der Waals surface area contributed by atoms with Gasteiger partial charge in [-0.15, -0.1) is 11.3 Å². The Morgan fingerprint density at radius 1 is 1.08 bits per heavy atom. The van der Waals surface area contributed by atoms with Gasteiger partial charge in [0.05, 0.1) is 5.69 Å². The third-order valence-corrected chi connectivity index (χ3v) is 5.10. The first-order chi connectivity index (χ1) is 12.3. The van der Waals surface area contributed by atoms with Crippen LogP contribution < -0.4 is 14.8 Å². The summed E-state index contributed by atoms with van der Waals surface area (Å²) in [6.07, 6.45) is 0. The number of benzene rings is 2. The fraction of sp³-hybridized carbons (Fsp3) is 0.250. The van der Waals surface area contributed by atoms with E-state index in [1.54, 1.807) is 11.3 Å². The minimum absolute atomic E-state index is 0.208. The number of nitrogens with one attached hydrogen (secondary N) is 1. The number of rotatable bonds is 5. The van der Waals surface area contributed by atoms with Gasteiger partial charge in [0.15, 0.2) is 11.5 Å². The average Bonchev–Trinajstić information content (AvgIpc) is 3.15. The zero-order chi connectivity index (χ0) is 17.1. The van der Waals surface area contributed by atoms with Crippen molar-refractivity contribution in [3.8, 4) is 22.8 Å². The maximum absolute atomic E-state index is 5.67. The van der Waals surface area contributed by atoms with Gasteiger partial charge in [0, 0.05) is 23.5 Å². The summed E-state index contributed by atoms with van der Waals surface area (Å²) in [5.41, 5.74) is 3.38. The molecule has 1 N–H and O–H groups in total. The molecule has 1 aliphatic rings. The van der Waals surface area contributed by atoms with E-state index in [0.29, 0.717) is 13.2 Å². The molecule has 1 aromatic heterocycles. The van der Waals surface area contributed by atoms with Gasteiger partial charge in [-0.25, -0.2) is 4.98 Å². The lowest BCUT2D eigenvalue weighted by atomic mass is 10.1. The van der Waals surface area contributed by atoms with Crippen LogP contribution in [0.4, 0.5) is 0 Å². The number of hydrogen-bond donors (Lipinski definition) is 1. The van der Waals surface area contributed by atoms with Gasteiger partial charge in [0.25, 0.3) is 0 Å². The Kier molecular flexibility index (Phi) is 4.68. The van der Waals surface area contributed by atoms with Gasteiger partial charge in [-0.3, -0.25) is 0 Å². The third kappa shape index (κ3) is 3.67. The van der Waals surface area contributed by atoms with Crippen molar-refractivity contribution >= 4 is 11.3 Å². The molecule has 0 spiro atoms. The lowest BCUT2D eigenvalue weighted by Gasteiger charge is -2.21. The number of thiazole rings is 1. The van der Waals surface area contributed by atoms with E-state index in [1.807, 2.05) is 24.3 Å². The number of aromatic nitrogens is 1. The number of fused-ring (bicyclic) bond motifs is 1. The van der Waals surface area contributed by atoms with E-state index in [1.165, 1.54) is 5.56 Å². The van der Waals surface area contributed by atoms with E-state index in [-0.39, 0.29) is 6.04 Å². The molecule has 128 valence electrons. The van der Waals surface area contributed by atoms with Crippen LogP contribution in [0.1, 0.15) is 23.5 Å². The first kappa shape index (κ1) is 16.1. The molecule has 0 saturated heterocycles. The Morgan fingerprint density at radius 2 is 1.88 bits per heavy atom. The fourth-order valence-corrected chi connectivity index (χ4v) is 3.58. The van der Waals surface area contributed by atoms with Crippen molar-refractivity contribution < 1.29 is 9.47 Å². The number of ether oxygens (including phenoxy) is 2. The second-order valence-corrected chi connectivity index (χ2v) is 6.94. The first-order valence-corrected chi connectivity index (χ1v) is 9.30. The van der Waals surface area contributed by atoms with Crippen molar-refractivity contribution in [3.05, 3.63) is 64.5 Å². The second-order valence-electron chi connectivity index (χ2n) is 6.00. The molecule has 0 aliphatic carbocycles. The molecule has 5 heteroatoms. The molecule has 0 bridgehead atoms. The van der Waals surface area contributed by atoms with Gasteiger partial charge in [-0.1, -0.05) is 36.4 Å². The first-order valence-electron chi connectivity index (χ1n) is 8.42. The molecule has 3 aromatic rings. The highest BCUT2D eigenvalue weighted by Gasteiger charge is 2.14. The van der Waals surface area contributed by atoms with Gasteiger partial charge < -0.3 is 14.8 Å². The Hall–Kier alpha value is -2.37. The standard InChI is InChI=1S/C20H20N2O2S/c1-14(16-7-8-18-19(11-16)24-10-9-23-18)21-12-20-22-17(13-25-20)15-5-3-2-4-6-15/h2-8,11,13-14,21H,9-10,12H2,1H3. The van der Waals surface area contributed by atoms with Gasteiger partial charge >= 0.3 is 0 Å². The molecule has 4 rings (SSSR count). The molecular weight excluding hydrogens is 332 g/mol. The van der Waals surface area contributed by atoms with Crippen LogP contribution in [0, 0.1) is 0 Å². The van der Waals surface area contributed by atoms with Crippen LogP contribution in [-0.4, -0.2) is 18.2 Å². The molecular formula is C20H20N2O2S. The quantitative estimate of drug-likeness (QED) is 0.738. The van der Waals surface area contributed by atoms with E-state index in [0.717, 1.165) is 34.3 Å². The molecule has 4 nitrogen and oxygen atoms in total. The van der Waals surface area contributed by atoms with Crippen LogP contribution in [0.5, 0.6) is 11.5 Å². The zero-order valence-electron chi connectivity index (χ0n) is 14.1. The van der Waals surface area contributed by atoms with Crippen LogP contribution in [0.2, 0.25) is 0 Å². The SMILES string of the molecule is CC(NCc1nc(-c2ccccc2)cs1)c1ccc2c(c1)OCCO2. The molecule has 1 atom stereocenters. The zero-order valence-corrected chi connectivity index (χ0v) is 14.9. The minimum Gasteiger partial charge on any atom is -0.486 e. The predicted octanol–water partition coefficient (Wildman–Crippen LogP) is 4.43. The number of nitrogens with zero attached hydrogens (tertiary/aromatic N) is 1. The summed E-state index contributed by atoms with van der Waals surface area (Å²) >= 11 is 1.69.